The molecule has 2 N–H and O–H groups in total. The molecule has 0 radical (unpaired) electrons. The molecule has 0 atom stereocenters. The van der Waals surface area contributed by atoms with Gasteiger partial charge in [0.15, 0.2) is 0 Å². The van der Waals surface area contributed by atoms with Crippen LogP contribution in [0.5, 0.6) is 0 Å². The summed E-state index contributed by atoms with van der Waals surface area (Å²) in [6, 6.07) is 5.68. The molecule has 2 aromatic rings. The maximum Gasteiger partial charge on any atom is 0.417 e. The standard InChI is InChI=1S/C17H16ClF3N2O3S/c1-9-6-13(22-11(3)24)7-10(2)16(9)27(25,26)23-12-4-5-15(18)14(8-12)17(19,20)21/h4-8,23H,1-3H3,(H,22,24). The fourth-order valence-electron chi connectivity index (χ4n) is 2.66. The van der Waals surface area contributed by atoms with Crippen LogP contribution in [-0.4, -0.2) is 14.3 Å². The Kier molecular flexibility index (Phi) is 5.77. The highest BCUT2D eigenvalue weighted by Gasteiger charge is 2.33. The Morgan fingerprint density at radius 1 is 1.04 bits per heavy atom. The van der Waals surface area contributed by atoms with E-state index in [1.165, 1.54) is 32.9 Å². The highest BCUT2D eigenvalue weighted by atomic mass is 35.5. The molecule has 0 aliphatic rings. The zero-order valence-electron chi connectivity index (χ0n) is 14.5. The largest absolute Gasteiger partial charge is 0.417 e. The fourth-order valence-corrected chi connectivity index (χ4v) is 4.39. The van der Waals surface area contributed by atoms with E-state index in [-0.39, 0.29) is 16.5 Å². The molecular weight excluding hydrogens is 405 g/mol. The topological polar surface area (TPSA) is 75.3 Å². The Labute approximate surface area is 159 Å². The smallest absolute Gasteiger partial charge is 0.326 e. The van der Waals surface area contributed by atoms with Crippen LogP contribution >= 0.6 is 11.6 Å². The third kappa shape index (κ3) is 4.92. The first kappa shape index (κ1) is 21.0. The van der Waals surface area contributed by atoms with Crippen LogP contribution in [0, 0.1) is 13.8 Å². The summed E-state index contributed by atoms with van der Waals surface area (Å²) < 4.78 is 66.5. The van der Waals surface area contributed by atoms with Gasteiger partial charge in [0.25, 0.3) is 10.0 Å². The van der Waals surface area contributed by atoms with Gasteiger partial charge in [-0.25, -0.2) is 8.42 Å². The highest BCUT2D eigenvalue weighted by Crippen LogP contribution is 2.37. The van der Waals surface area contributed by atoms with Gasteiger partial charge >= 0.3 is 6.18 Å². The average Bonchev–Trinajstić information content (AvgIpc) is 2.45. The van der Waals surface area contributed by atoms with Gasteiger partial charge in [0.1, 0.15) is 0 Å². The zero-order valence-corrected chi connectivity index (χ0v) is 16.1. The number of hydrogen-bond donors (Lipinski definition) is 2. The highest BCUT2D eigenvalue weighted by molar-refractivity contribution is 7.92. The van der Waals surface area contributed by atoms with Crippen molar-refractivity contribution in [2.75, 3.05) is 10.0 Å². The van der Waals surface area contributed by atoms with Crippen molar-refractivity contribution in [3.8, 4) is 0 Å². The van der Waals surface area contributed by atoms with Crippen LogP contribution in [0.15, 0.2) is 35.2 Å². The number of rotatable bonds is 4. The minimum atomic E-state index is -4.72. The van der Waals surface area contributed by atoms with Crippen LogP contribution in [0.3, 0.4) is 0 Å². The summed E-state index contributed by atoms with van der Waals surface area (Å²) in [5.74, 6) is -0.316. The van der Waals surface area contributed by atoms with E-state index in [0.29, 0.717) is 22.9 Å². The van der Waals surface area contributed by atoms with Crippen molar-refractivity contribution in [1.29, 1.82) is 0 Å². The molecule has 0 aliphatic heterocycles. The lowest BCUT2D eigenvalue weighted by atomic mass is 10.1. The molecule has 2 rings (SSSR count). The van der Waals surface area contributed by atoms with Crippen LogP contribution in [-0.2, 0) is 21.0 Å². The van der Waals surface area contributed by atoms with Gasteiger partial charge in [-0.15, -0.1) is 0 Å². The first-order valence-corrected chi connectivity index (χ1v) is 9.46. The Hall–Kier alpha value is -2.26. The summed E-state index contributed by atoms with van der Waals surface area (Å²) in [6.45, 7) is 4.36. The lowest BCUT2D eigenvalue weighted by Gasteiger charge is -2.16. The van der Waals surface area contributed by atoms with Crippen molar-refractivity contribution in [3.63, 3.8) is 0 Å². The van der Waals surface area contributed by atoms with E-state index in [1.54, 1.807) is 0 Å². The third-order valence-corrected chi connectivity index (χ3v) is 5.59. The Morgan fingerprint density at radius 3 is 2.07 bits per heavy atom. The number of hydrogen-bond acceptors (Lipinski definition) is 3. The van der Waals surface area contributed by atoms with Crippen molar-refractivity contribution < 1.29 is 26.4 Å². The lowest BCUT2D eigenvalue weighted by Crippen LogP contribution is -2.17. The van der Waals surface area contributed by atoms with E-state index in [1.807, 2.05) is 0 Å². The second kappa shape index (κ2) is 7.40. The number of amides is 1. The van der Waals surface area contributed by atoms with E-state index in [9.17, 15) is 26.4 Å². The molecule has 0 heterocycles. The van der Waals surface area contributed by atoms with E-state index in [2.05, 4.69) is 10.0 Å². The van der Waals surface area contributed by atoms with Crippen LogP contribution in [0.4, 0.5) is 24.5 Å². The number of nitrogens with one attached hydrogen (secondary N) is 2. The summed E-state index contributed by atoms with van der Waals surface area (Å²) in [5.41, 5.74) is -0.329. The second-order valence-corrected chi connectivity index (χ2v) is 7.94. The number of carbonyl (C=O) groups excluding carboxylic acids is 1. The summed E-state index contributed by atoms with van der Waals surface area (Å²) in [4.78, 5) is 11.1. The summed E-state index contributed by atoms with van der Waals surface area (Å²) in [7, 11) is -4.17. The minimum Gasteiger partial charge on any atom is -0.326 e. The molecule has 27 heavy (non-hydrogen) atoms. The first-order valence-electron chi connectivity index (χ1n) is 7.59. The molecular formula is C17H16ClF3N2O3S. The fraction of sp³-hybridized carbons (Fsp3) is 0.235. The summed E-state index contributed by atoms with van der Waals surface area (Å²) in [5, 5.41) is 2.02. The molecule has 10 heteroatoms. The van der Waals surface area contributed by atoms with Gasteiger partial charge in [0, 0.05) is 18.3 Å². The van der Waals surface area contributed by atoms with Crippen molar-refractivity contribution in [1.82, 2.24) is 0 Å². The minimum absolute atomic E-state index is 0.0832. The Balaban J connectivity index is 2.45. The van der Waals surface area contributed by atoms with Gasteiger partial charge in [-0.2, -0.15) is 13.2 Å². The molecule has 2 aromatic carbocycles. The van der Waals surface area contributed by atoms with E-state index < -0.39 is 26.8 Å². The molecule has 5 nitrogen and oxygen atoms in total. The number of anilines is 2. The molecule has 0 fully saturated rings. The van der Waals surface area contributed by atoms with Gasteiger partial charge < -0.3 is 5.32 Å². The number of carbonyl (C=O) groups is 1. The Morgan fingerprint density at radius 2 is 1.59 bits per heavy atom. The number of benzene rings is 2. The average molecular weight is 421 g/mol. The summed E-state index contributed by atoms with van der Waals surface area (Å²) >= 11 is 5.55. The van der Waals surface area contributed by atoms with Crippen LogP contribution in [0.2, 0.25) is 5.02 Å². The van der Waals surface area contributed by atoms with Crippen molar-refractivity contribution >= 4 is 38.9 Å². The van der Waals surface area contributed by atoms with Crippen molar-refractivity contribution in [3.05, 3.63) is 52.0 Å². The van der Waals surface area contributed by atoms with Crippen LogP contribution in [0.1, 0.15) is 23.6 Å². The zero-order chi connectivity index (χ0) is 20.6. The normalized spacial score (nSPS) is 12.0. The van der Waals surface area contributed by atoms with Crippen LogP contribution in [0.25, 0.3) is 0 Å². The quantitative estimate of drug-likeness (QED) is 0.750. The first-order chi connectivity index (χ1) is 12.3. The lowest BCUT2D eigenvalue weighted by molar-refractivity contribution is -0.137. The molecule has 0 bridgehead atoms. The van der Waals surface area contributed by atoms with E-state index >= 15 is 0 Å². The Bertz CT molecular complexity index is 982. The van der Waals surface area contributed by atoms with Gasteiger partial charge in [-0.05, 0) is 55.3 Å². The predicted molar refractivity (Wildman–Crippen MR) is 97.5 cm³/mol. The monoisotopic (exact) mass is 420 g/mol. The van der Waals surface area contributed by atoms with E-state index in [4.69, 9.17) is 11.6 Å². The second-order valence-electron chi connectivity index (χ2n) is 5.92. The molecule has 146 valence electrons. The van der Waals surface area contributed by atoms with Crippen molar-refractivity contribution in [2.24, 2.45) is 0 Å². The molecule has 0 aromatic heterocycles. The van der Waals surface area contributed by atoms with Crippen LogP contribution < -0.4 is 10.0 Å². The molecule has 1 amide bonds. The van der Waals surface area contributed by atoms with E-state index in [0.717, 1.165) is 12.1 Å². The SMILES string of the molecule is CC(=O)Nc1cc(C)c(S(=O)(=O)Nc2ccc(Cl)c(C(F)(F)F)c2)c(C)c1. The predicted octanol–water partition coefficient (Wildman–Crippen LogP) is 4.73. The van der Waals surface area contributed by atoms with Gasteiger partial charge in [-0.3, -0.25) is 9.52 Å². The van der Waals surface area contributed by atoms with Crippen molar-refractivity contribution in [2.45, 2.75) is 31.8 Å². The number of alkyl halides is 3. The molecule has 0 aliphatic carbocycles. The number of halogens is 4. The molecule has 0 saturated carbocycles. The number of sulfonamides is 1. The number of aryl methyl sites for hydroxylation is 2. The maximum atomic E-state index is 13.0. The third-order valence-electron chi connectivity index (χ3n) is 3.57. The molecule has 0 unspecified atom stereocenters. The van der Waals surface area contributed by atoms with Gasteiger partial charge in [-0.1, -0.05) is 11.6 Å². The van der Waals surface area contributed by atoms with Gasteiger partial charge in [0.05, 0.1) is 15.5 Å². The maximum absolute atomic E-state index is 13.0. The molecule has 0 saturated heterocycles. The van der Waals surface area contributed by atoms with Gasteiger partial charge in [0.2, 0.25) is 5.91 Å². The molecule has 0 spiro atoms. The summed E-state index contributed by atoms with van der Waals surface area (Å²) in [6.07, 6.45) is -4.72.